The molecular weight excluding hydrogens is 433 g/mol. The van der Waals surface area contributed by atoms with E-state index in [0.717, 1.165) is 0 Å². The number of H-pyrrole nitrogens is 1. The van der Waals surface area contributed by atoms with Crippen molar-refractivity contribution >= 4 is 5.91 Å². The molecule has 2 atom stereocenters. The van der Waals surface area contributed by atoms with Crippen molar-refractivity contribution in [2.24, 2.45) is 0 Å². The number of nitrogens with one attached hydrogen (secondary N) is 2. The number of pyridine rings is 1. The Labute approximate surface area is 187 Å². The van der Waals surface area contributed by atoms with Crippen molar-refractivity contribution in [3.8, 4) is 22.5 Å². The quantitative estimate of drug-likeness (QED) is 0.392. The van der Waals surface area contributed by atoms with Gasteiger partial charge in [0.2, 0.25) is 0 Å². The number of aromatic nitrogens is 3. The fourth-order valence-corrected chi connectivity index (χ4v) is 3.40. The lowest BCUT2D eigenvalue weighted by atomic mass is 10.0. The summed E-state index contributed by atoms with van der Waals surface area (Å²) in [5.41, 5.74) is 1.12. The van der Waals surface area contributed by atoms with Crippen LogP contribution in [0.15, 0.2) is 72.9 Å². The summed E-state index contributed by atoms with van der Waals surface area (Å²) in [5, 5.41) is 18.9. The summed E-state index contributed by atoms with van der Waals surface area (Å²) < 4.78 is 42.8. The number of aliphatic hydroxyl groups excluding tert-OH is 1. The number of aliphatic hydroxyl groups is 1. The van der Waals surface area contributed by atoms with Crippen LogP contribution in [0.3, 0.4) is 0 Å². The fourth-order valence-electron chi connectivity index (χ4n) is 3.40. The van der Waals surface area contributed by atoms with Crippen molar-refractivity contribution in [3.63, 3.8) is 0 Å². The molecule has 0 aliphatic carbocycles. The minimum absolute atomic E-state index is 0.0487. The van der Waals surface area contributed by atoms with Crippen LogP contribution in [0.4, 0.5) is 13.2 Å². The summed E-state index contributed by atoms with van der Waals surface area (Å²) in [6.07, 6.45) is -0.369. The van der Waals surface area contributed by atoms with Crippen molar-refractivity contribution in [3.05, 3.63) is 95.8 Å². The second-order valence-electron chi connectivity index (χ2n) is 7.26. The highest BCUT2D eigenvalue weighted by Gasteiger charge is 2.27. The molecule has 0 fully saturated rings. The largest absolute Gasteiger partial charge is 0.394 e. The van der Waals surface area contributed by atoms with Gasteiger partial charge >= 0.3 is 0 Å². The maximum absolute atomic E-state index is 14.8. The Kier molecular flexibility index (Phi) is 6.50. The molecule has 1 unspecified atom stereocenters. The molecule has 168 valence electrons. The Morgan fingerprint density at radius 1 is 1.06 bits per heavy atom. The van der Waals surface area contributed by atoms with Crippen molar-refractivity contribution in [2.45, 2.75) is 12.2 Å². The first-order valence-electron chi connectivity index (χ1n) is 10.0. The molecule has 0 spiro atoms. The molecule has 0 radical (unpaired) electrons. The lowest BCUT2D eigenvalue weighted by Gasteiger charge is -2.21. The Balaban J connectivity index is 1.63. The third kappa shape index (κ3) is 4.78. The maximum Gasteiger partial charge on any atom is 0.252 e. The molecule has 2 aromatic carbocycles. The van der Waals surface area contributed by atoms with Crippen LogP contribution in [-0.4, -0.2) is 38.8 Å². The SMILES string of the molecule is O=C(N[C@@H](CO)C(F)c1ccccn1)c1cccc(F)c1-c1cc(-c2ccc(F)cc2)[nH]n1. The van der Waals surface area contributed by atoms with Crippen LogP contribution < -0.4 is 5.32 Å². The molecule has 0 saturated carbocycles. The number of rotatable bonds is 7. The van der Waals surface area contributed by atoms with E-state index in [1.165, 1.54) is 60.8 Å². The number of hydrogen-bond donors (Lipinski definition) is 3. The minimum Gasteiger partial charge on any atom is -0.394 e. The number of alkyl halides is 1. The number of hydrogen-bond acceptors (Lipinski definition) is 4. The lowest BCUT2D eigenvalue weighted by Crippen LogP contribution is -2.41. The van der Waals surface area contributed by atoms with Crippen molar-refractivity contribution in [2.75, 3.05) is 6.61 Å². The Bertz CT molecular complexity index is 1250. The van der Waals surface area contributed by atoms with Crippen LogP contribution in [0.2, 0.25) is 0 Å². The zero-order chi connectivity index (χ0) is 23.4. The van der Waals surface area contributed by atoms with Gasteiger partial charge in [-0.25, -0.2) is 13.2 Å². The Morgan fingerprint density at radius 3 is 2.55 bits per heavy atom. The first-order chi connectivity index (χ1) is 16.0. The smallest absolute Gasteiger partial charge is 0.252 e. The Morgan fingerprint density at radius 2 is 1.85 bits per heavy atom. The van der Waals surface area contributed by atoms with E-state index in [0.29, 0.717) is 11.3 Å². The molecular formula is C24H19F3N4O2. The van der Waals surface area contributed by atoms with E-state index in [2.05, 4.69) is 20.5 Å². The number of aromatic amines is 1. The first kappa shape index (κ1) is 22.2. The highest BCUT2D eigenvalue weighted by molar-refractivity contribution is 6.01. The number of amides is 1. The molecule has 9 heteroatoms. The predicted molar refractivity (Wildman–Crippen MR) is 116 cm³/mol. The molecule has 0 saturated heterocycles. The highest BCUT2D eigenvalue weighted by Crippen LogP contribution is 2.29. The van der Waals surface area contributed by atoms with E-state index in [1.54, 1.807) is 12.1 Å². The van der Waals surface area contributed by atoms with Gasteiger partial charge in [0, 0.05) is 6.20 Å². The molecule has 4 aromatic rings. The van der Waals surface area contributed by atoms with Gasteiger partial charge in [-0.3, -0.25) is 14.9 Å². The Hall–Kier alpha value is -3.98. The van der Waals surface area contributed by atoms with Gasteiger partial charge in [0.25, 0.3) is 5.91 Å². The van der Waals surface area contributed by atoms with Gasteiger partial charge in [-0.15, -0.1) is 0 Å². The molecule has 6 nitrogen and oxygen atoms in total. The summed E-state index contributed by atoms with van der Waals surface area (Å²) in [7, 11) is 0. The molecule has 0 aliphatic rings. The number of nitrogens with zero attached hydrogens (tertiary/aromatic N) is 2. The topological polar surface area (TPSA) is 90.9 Å². The van der Waals surface area contributed by atoms with Crippen molar-refractivity contribution in [1.29, 1.82) is 0 Å². The highest BCUT2D eigenvalue weighted by atomic mass is 19.1. The summed E-state index contributed by atoms with van der Waals surface area (Å²) >= 11 is 0. The van der Waals surface area contributed by atoms with Gasteiger partial charge in [0.1, 0.15) is 11.6 Å². The summed E-state index contributed by atoms with van der Waals surface area (Å²) in [4.78, 5) is 16.9. The zero-order valence-corrected chi connectivity index (χ0v) is 17.2. The van der Waals surface area contributed by atoms with Crippen LogP contribution in [0, 0.1) is 11.6 Å². The summed E-state index contributed by atoms with van der Waals surface area (Å²) in [6.45, 7) is -0.689. The second kappa shape index (κ2) is 9.66. The fraction of sp³-hybridized carbons (Fsp3) is 0.125. The average molecular weight is 452 g/mol. The van der Waals surface area contributed by atoms with Crippen LogP contribution in [0.25, 0.3) is 22.5 Å². The van der Waals surface area contributed by atoms with E-state index in [-0.39, 0.29) is 22.5 Å². The van der Waals surface area contributed by atoms with E-state index in [4.69, 9.17) is 0 Å². The monoisotopic (exact) mass is 452 g/mol. The zero-order valence-electron chi connectivity index (χ0n) is 17.2. The number of benzene rings is 2. The molecule has 1 amide bonds. The number of carbonyl (C=O) groups excluding carboxylic acids is 1. The molecule has 4 rings (SSSR count). The molecule has 33 heavy (non-hydrogen) atoms. The van der Waals surface area contributed by atoms with Gasteiger partial charge in [0.05, 0.1) is 40.9 Å². The van der Waals surface area contributed by atoms with Crippen LogP contribution >= 0.6 is 0 Å². The van der Waals surface area contributed by atoms with E-state index in [1.807, 2.05) is 0 Å². The van der Waals surface area contributed by atoms with E-state index in [9.17, 15) is 23.1 Å². The predicted octanol–water partition coefficient (Wildman–Crippen LogP) is 4.22. The van der Waals surface area contributed by atoms with E-state index >= 15 is 0 Å². The van der Waals surface area contributed by atoms with Crippen LogP contribution in [0.5, 0.6) is 0 Å². The van der Waals surface area contributed by atoms with Gasteiger partial charge in [-0.2, -0.15) is 5.10 Å². The molecule has 0 bridgehead atoms. The maximum atomic E-state index is 14.8. The summed E-state index contributed by atoms with van der Waals surface area (Å²) in [6, 6.07) is 14.4. The normalized spacial score (nSPS) is 12.8. The lowest BCUT2D eigenvalue weighted by molar-refractivity contribution is 0.0860. The molecule has 0 aliphatic heterocycles. The van der Waals surface area contributed by atoms with Crippen molar-refractivity contribution < 1.29 is 23.1 Å². The molecule has 3 N–H and O–H groups in total. The number of halogens is 3. The first-order valence-corrected chi connectivity index (χ1v) is 10.0. The summed E-state index contributed by atoms with van der Waals surface area (Å²) in [5.74, 6) is -1.89. The van der Waals surface area contributed by atoms with E-state index < -0.39 is 36.4 Å². The van der Waals surface area contributed by atoms with Gasteiger partial charge in [0.15, 0.2) is 6.17 Å². The third-order valence-electron chi connectivity index (χ3n) is 5.08. The number of carbonyl (C=O) groups is 1. The van der Waals surface area contributed by atoms with Gasteiger partial charge < -0.3 is 10.4 Å². The minimum atomic E-state index is -1.77. The van der Waals surface area contributed by atoms with Crippen LogP contribution in [-0.2, 0) is 0 Å². The van der Waals surface area contributed by atoms with Gasteiger partial charge in [-0.05, 0) is 60.2 Å². The van der Waals surface area contributed by atoms with Crippen LogP contribution in [0.1, 0.15) is 22.2 Å². The molecule has 2 heterocycles. The van der Waals surface area contributed by atoms with Crippen molar-refractivity contribution in [1.82, 2.24) is 20.5 Å². The average Bonchev–Trinajstić information content (AvgIpc) is 3.32. The van der Waals surface area contributed by atoms with Gasteiger partial charge in [-0.1, -0.05) is 12.1 Å². The standard InChI is InChI=1S/C24H19F3N4O2/c25-15-9-7-14(8-10-15)19-12-20(31-30-19)22-16(4-3-5-17(22)26)24(33)29-21(13-32)23(27)18-6-1-2-11-28-18/h1-12,21,23,32H,13H2,(H,29,33)(H,30,31)/t21-,23?/m0/s1. The third-order valence-corrected chi connectivity index (χ3v) is 5.08. The molecule has 2 aromatic heterocycles. The second-order valence-corrected chi connectivity index (χ2v) is 7.26.